The Morgan fingerprint density at radius 2 is 2.18 bits per heavy atom. The second-order valence-corrected chi connectivity index (χ2v) is 4.87. The number of carbonyl (C=O) groups excluding carboxylic acids is 1. The molecule has 0 spiro atoms. The monoisotopic (exact) mass is 321 g/mol. The number of hydrogen-bond donors (Lipinski definition) is 1. The van der Waals surface area contributed by atoms with Crippen LogP contribution in [0.3, 0.4) is 0 Å². The third kappa shape index (κ3) is 3.67. The zero-order chi connectivity index (χ0) is 16.1. The van der Waals surface area contributed by atoms with Crippen LogP contribution < -0.4 is 5.73 Å². The molecule has 0 amide bonds. The van der Waals surface area contributed by atoms with Gasteiger partial charge >= 0.3 is 5.97 Å². The zero-order valence-corrected chi connectivity index (χ0v) is 12.2. The molecule has 0 aliphatic heterocycles. The molecule has 0 aromatic carbocycles. The molecule has 9 nitrogen and oxygen atoms in total. The molecule has 0 fully saturated rings. The van der Waals surface area contributed by atoms with Crippen LogP contribution in [-0.4, -0.2) is 32.5 Å². The summed E-state index contributed by atoms with van der Waals surface area (Å²) < 4.78 is 4.82. The summed E-state index contributed by atoms with van der Waals surface area (Å²) in [5, 5.41) is 11.3. The van der Waals surface area contributed by atoms with Gasteiger partial charge in [0.05, 0.1) is 11.5 Å². The molecule has 2 aromatic heterocycles. The van der Waals surface area contributed by atoms with Crippen LogP contribution in [-0.2, 0) is 4.74 Å². The maximum absolute atomic E-state index is 11.6. The van der Waals surface area contributed by atoms with Crippen molar-refractivity contribution in [3.8, 4) is 0 Å². The second kappa shape index (κ2) is 6.80. The number of carbonyl (C=O) groups is 1. The Bertz CT molecular complexity index is 707. The van der Waals surface area contributed by atoms with E-state index in [-0.39, 0.29) is 28.8 Å². The average Bonchev–Trinajstić information content (AvgIpc) is 2.48. The quantitative estimate of drug-likeness (QED) is 0.377. The summed E-state index contributed by atoms with van der Waals surface area (Å²) in [7, 11) is 0. The van der Waals surface area contributed by atoms with E-state index in [4.69, 9.17) is 10.5 Å². The lowest BCUT2D eigenvalue weighted by Gasteiger charge is -2.05. The van der Waals surface area contributed by atoms with Gasteiger partial charge in [-0.3, -0.25) is 10.1 Å². The van der Waals surface area contributed by atoms with Crippen molar-refractivity contribution in [2.45, 2.75) is 17.1 Å². The Hall–Kier alpha value is -2.75. The molecule has 0 aliphatic carbocycles. The Balaban J connectivity index is 2.15. The first-order valence-corrected chi connectivity index (χ1v) is 6.91. The highest BCUT2D eigenvalue weighted by Crippen LogP contribution is 2.25. The van der Waals surface area contributed by atoms with E-state index in [2.05, 4.69) is 15.0 Å². The minimum absolute atomic E-state index is 0.00198. The van der Waals surface area contributed by atoms with Crippen molar-refractivity contribution in [2.75, 3.05) is 12.3 Å². The summed E-state index contributed by atoms with van der Waals surface area (Å²) in [6.07, 6.45) is 2.41. The number of nitrogens with zero attached hydrogens (tertiary/aromatic N) is 4. The first-order chi connectivity index (χ1) is 10.5. The van der Waals surface area contributed by atoms with Crippen LogP contribution in [0.1, 0.15) is 17.3 Å². The van der Waals surface area contributed by atoms with Crippen molar-refractivity contribution in [3.63, 3.8) is 0 Å². The number of nitrogens with two attached hydrogens (primary N) is 1. The maximum Gasteiger partial charge on any atom is 0.343 e. The third-order valence-electron chi connectivity index (χ3n) is 2.42. The summed E-state index contributed by atoms with van der Waals surface area (Å²) in [5.74, 6) is -0.595. The van der Waals surface area contributed by atoms with Gasteiger partial charge in [0, 0.05) is 12.3 Å². The Kier molecular flexibility index (Phi) is 4.84. The molecular weight excluding hydrogens is 310 g/mol. The molecule has 0 aliphatic rings. The fourth-order valence-electron chi connectivity index (χ4n) is 1.43. The van der Waals surface area contributed by atoms with E-state index >= 15 is 0 Å². The van der Waals surface area contributed by atoms with E-state index in [1.165, 1.54) is 18.3 Å². The highest BCUT2D eigenvalue weighted by Gasteiger charge is 2.14. The Labute approximate surface area is 129 Å². The van der Waals surface area contributed by atoms with Crippen molar-refractivity contribution >= 4 is 29.2 Å². The summed E-state index contributed by atoms with van der Waals surface area (Å²) >= 11 is 1.07. The van der Waals surface area contributed by atoms with Crippen molar-refractivity contribution in [1.29, 1.82) is 0 Å². The molecule has 0 bridgehead atoms. The topological polar surface area (TPSA) is 134 Å². The van der Waals surface area contributed by atoms with Gasteiger partial charge < -0.3 is 10.5 Å². The van der Waals surface area contributed by atoms with Crippen LogP contribution in [0.25, 0.3) is 0 Å². The van der Waals surface area contributed by atoms with Crippen LogP contribution in [0.2, 0.25) is 0 Å². The van der Waals surface area contributed by atoms with Crippen LogP contribution in [0.4, 0.5) is 11.5 Å². The molecule has 2 aromatic rings. The van der Waals surface area contributed by atoms with Crippen molar-refractivity contribution < 1.29 is 14.5 Å². The van der Waals surface area contributed by atoms with Gasteiger partial charge in [-0.1, -0.05) is 0 Å². The minimum Gasteiger partial charge on any atom is -0.462 e. The molecule has 2 rings (SSSR count). The molecule has 0 atom stereocenters. The number of anilines is 1. The molecule has 10 heteroatoms. The average molecular weight is 321 g/mol. The number of rotatable bonds is 5. The van der Waals surface area contributed by atoms with Crippen LogP contribution in [0, 0.1) is 10.1 Å². The standard InChI is InChI=1S/C12H11N5O4S/c1-2-21-11(18)8-6-15-12(16-10(8)13)22-9-4-3-7(5-14-9)17(19)20/h3-6H,2H2,1H3,(H2,13,15,16). The van der Waals surface area contributed by atoms with E-state index in [9.17, 15) is 14.9 Å². The summed E-state index contributed by atoms with van der Waals surface area (Å²) in [5.41, 5.74) is 5.67. The molecule has 0 saturated heterocycles. The zero-order valence-electron chi connectivity index (χ0n) is 11.4. The first-order valence-electron chi connectivity index (χ1n) is 6.09. The number of ether oxygens (including phenoxy) is 1. The largest absolute Gasteiger partial charge is 0.462 e. The summed E-state index contributed by atoms with van der Waals surface area (Å²) in [6.45, 7) is 1.90. The first kappa shape index (κ1) is 15.6. The van der Waals surface area contributed by atoms with Gasteiger partial charge in [0.25, 0.3) is 5.69 Å². The van der Waals surface area contributed by atoms with E-state index in [1.54, 1.807) is 6.92 Å². The van der Waals surface area contributed by atoms with Crippen molar-refractivity contribution in [1.82, 2.24) is 15.0 Å². The van der Waals surface area contributed by atoms with Crippen molar-refractivity contribution in [2.24, 2.45) is 0 Å². The second-order valence-electron chi connectivity index (χ2n) is 3.89. The fraction of sp³-hybridized carbons (Fsp3) is 0.167. The highest BCUT2D eigenvalue weighted by atomic mass is 32.2. The van der Waals surface area contributed by atoms with Crippen LogP contribution in [0.15, 0.2) is 34.7 Å². The number of pyridine rings is 1. The van der Waals surface area contributed by atoms with E-state index in [1.807, 2.05) is 0 Å². The number of esters is 1. The lowest BCUT2D eigenvalue weighted by molar-refractivity contribution is -0.385. The third-order valence-corrected chi connectivity index (χ3v) is 3.25. The minimum atomic E-state index is -0.593. The van der Waals surface area contributed by atoms with Gasteiger partial charge in [-0.2, -0.15) is 0 Å². The smallest absolute Gasteiger partial charge is 0.343 e. The molecule has 2 N–H and O–H groups in total. The highest BCUT2D eigenvalue weighted by molar-refractivity contribution is 7.99. The lowest BCUT2D eigenvalue weighted by Crippen LogP contribution is -2.10. The van der Waals surface area contributed by atoms with Crippen LogP contribution >= 0.6 is 11.8 Å². The van der Waals surface area contributed by atoms with Crippen LogP contribution in [0.5, 0.6) is 0 Å². The Morgan fingerprint density at radius 1 is 1.41 bits per heavy atom. The van der Waals surface area contributed by atoms with E-state index in [0.29, 0.717) is 5.03 Å². The number of nitro groups is 1. The number of hydrogen-bond acceptors (Lipinski definition) is 9. The van der Waals surface area contributed by atoms with E-state index < -0.39 is 10.9 Å². The predicted octanol–water partition coefficient (Wildman–Crippen LogP) is 1.69. The molecular formula is C12H11N5O4S. The van der Waals surface area contributed by atoms with Gasteiger partial charge in [0.1, 0.15) is 22.6 Å². The number of nitrogen functional groups attached to an aromatic ring is 1. The van der Waals surface area contributed by atoms with Gasteiger partial charge in [-0.05, 0) is 24.8 Å². The van der Waals surface area contributed by atoms with Crippen molar-refractivity contribution in [3.05, 3.63) is 40.2 Å². The van der Waals surface area contributed by atoms with Gasteiger partial charge in [0.2, 0.25) is 0 Å². The van der Waals surface area contributed by atoms with E-state index in [0.717, 1.165) is 18.0 Å². The normalized spacial score (nSPS) is 10.2. The molecule has 0 saturated carbocycles. The maximum atomic E-state index is 11.6. The Morgan fingerprint density at radius 3 is 2.73 bits per heavy atom. The molecule has 0 unspecified atom stereocenters. The summed E-state index contributed by atoms with van der Waals surface area (Å²) in [4.78, 5) is 33.5. The molecule has 0 radical (unpaired) electrons. The summed E-state index contributed by atoms with van der Waals surface area (Å²) in [6, 6.07) is 2.80. The fourth-order valence-corrected chi connectivity index (χ4v) is 2.11. The van der Waals surface area contributed by atoms with Gasteiger partial charge in [-0.15, -0.1) is 0 Å². The molecule has 22 heavy (non-hydrogen) atoms. The molecule has 2 heterocycles. The molecule has 114 valence electrons. The lowest BCUT2D eigenvalue weighted by atomic mass is 10.3. The predicted molar refractivity (Wildman–Crippen MR) is 77.4 cm³/mol. The SMILES string of the molecule is CCOC(=O)c1cnc(Sc2ccc([N+](=O)[O-])cn2)nc1N. The number of aromatic nitrogens is 3. The van der Waals surface area contributed by atoms with Gasteiger partial charge in [0.15, 0.2) is 5.16 Å². The van der Waals surface area contributed by atoms with Gasteiger partial charge in [-0.25, -0.2) is 19.7 Å².